The largest absolute Gasteiger partial charge is 0.297 e. The van der Waals surface area contributed by atoms with Crippen LogP contribution in [-0.4, -0.2) is 29.3 Å². The van der Waals surface area contributed by atoms with E-state index < -0.39 is 0 Å². The fourth-order valence-corrected chi connectivity index (χ4v) is 3.92. The minimum atomic E-state index is -0.268. The number of carbonyl (C=O) groups is 1. The van der Waals surface area contributed by atoms with E-state index in [1.165, 1.54) is 48.8 Å². The van der Waals surface area contributed by atoms with Gasteiger partial charge in [-0.05, 0) is 75.2 Å². The lowest BCUT2D eigenvalue weighted by Gasteiger charge is -2.36. The average molecular weight is 285 g/mol. The molecular formula is C19H27NO. The Bertz CT molecular complexity index is 530. The number of fused-ring (bicyclic) bond motifs is 1. The van der Waals surface area contributed by atoms with Crippen molar-refractivity contribution in [2.24, 2.45) is 0 Å². The van der Waals surface area contributed by atoms with Gasteiger partial charge in [-0.15, -0.1) is 0 Å². The van der Waals surface area contributed by atoms with Crippen LogP contribution >= 0.6 is 0 Å². The van der Waals surface area contributed by atoms with Crippen LogP contribution in [-0.2, 0) is 24.1 Å². The first-order valence-electron chi connectivity index (χ1n) is 8.52. The monoisotopic (exact) mass is 285 g/mol. The molecule has 1 heterocycles. The Balaban J connectivity index is 1.75. The molecule has 0 radical (unpaired) electrons. The van der Waals surface area contributed by atoms with Crippen molar-refractivity contribution in [1.82, 2.24) is 4.90 Å². The van der Waals surface area contributed by atoms with Crippen LogP contribution in [0.5, 0.6) is 0 Å². The zero-order chi connectivity index (χ0) is 14.9. The maximum Gasteiger partial charge on any atom is 0.157 e. The van der Waals surface area contributed by atoms with Crippen molar-refractivity contribution in [2.45, 2.75) is 64.3 Å². The zero-order valence-electron chi connectivity index (χ0n) is 13.5. The molecule has 1 aromatic carbocycles. The third-order valence-electron chi connectivity index (χ3n) is 5.62. The van der Waals surface area contributed by atoms with Crippen LogP contribution in [0.4, 0.5) is 0 Å². The molecule has 3 rings (SSSR count). The van der Waals surface area contributed by atoms with Gasteiger partial charge >= 0.3 is 0 Å². The number of hydrogen-bond donors (Lipinski definition) is 0. The van der Waals surface area contributed by atoms with E-state index in [2.05, 4.69) is 36.9 Å². The van der Waals surface area contributed by atoms with Crippen LogP contribution in [0.2, 0.25) is 0 Å². The molecule has 1 unspecified atom stereocenters. The van der Waals surface area contributed by atoms with E-state index >= 15 is 0 Å². The summed E-state index contributed by atoms with van der Waals surface area (Å²) in [4.78, 5) is 15.3. The minimum absolute atomic E-state index is 0.268. The van der Waals surface area contributed by atoms with E-state index in [1.807, 2.05) is 0 Å². The minimum Gasteiger partial charge on any atom is -0.297 e. The standard InChI is InChI=1S/C19H27NO/c1-3-19(2,20-11-4-5-12-20)18(21)14-15-9-10-16-7-6-8-17(16)13-15/h9-10,13H,3-8,11-12,14H2,1-2H3. The molecule has 0 spiro atoms. The van der Waals surface area contributed by atoms with Crippen molar-refractivity contribution >= 4 is 5.78 Å². The van der Waals surface area contributed by atoms with Gasteiger partial charge in [0, 0.05) is 6.42 Å². The molecule has 1 aliphatic carbocycles. The second-order valence-corrected chi connectivity index (χ2v) is 6.88. The quantitative estimate of drug-likeness (QED) is 0.824. The lowest BCUT2D eigenvalue weighted by molar-refractivity contribution is -0.129. The summed E-state index contributed by atoms with van der Waals surface area (Å²) < 4.78 is 0. The highest BCUT2D eigenvalue weighted by Gasteiger charge is 2.38. The maximum atomic E-state index is 12.9. The van der Waals surface area contributed by atoms with Gasteiger partial charge in [-0.25, -0.2) is 0 Å². The molecule has 1 atom stereocenters. The van der Waals surface area contributed by atoms with Gasteiger partial charge in [-0.3, -0.25) is 9.69 Å². The van der Waals surface area contributed by atoms with Crippen molar-refractivity contribution in [3.63, 3.8) is 0 Å². The Labute approximate surface area is 128 Å². The Morgan fingerprint density at radius 2 is 1.86 bits per heavy atom. The first kappa shape index (κ1) is 14.8. The molecule has 1 aliphatic heterocycles. The maximum absolute atomic E-state index is 12.9. The smallest absolute Gasteiger partial charge is 0.157 e. The van der Waals surface area contributed by atoms with Gasteiger partial charge in [0.15, 0.2) is 5.78 Å². The molecule has 0 amide bonds. The summed E-state index contributed by atoms with van der Waals surface area (Å²) in [5, 5.41) is 0. The molecule has 21 heavy (non-hydrogen) atoms. The number of hydrogen-bond acceptors (Lipinski definition) is 2. The van der Waals surface area contributed by atoms with Gasteiger partial charge in [0.2, 0.25) is 0 Å². The van der Waals surface area contributed by atoms with E-state index in [0.29, 0.717) is 12.2 Å². The SMILES string of the molecule is CCC(C)(C(=O)Cc1ccc2c(c1)CCC2)N1CCCC1. The van der Waals surface area contributed by atoms with Crippen LogP contribution in [0.25, 0.3) is 0 Å². The molecule has 0 saturated carbocycles. The van der Waals surface area contributed by atoms with Crippen molar-refractivity contribution < 1.29 is 4.79 Å². The van der Waals surface area contributed by atoms with Crippen molar-refractivity contribution in [1.29, 1.82) is 0 Å². The Kier molecular flexibility index (Phi) is 4.17. The summed E-state index contributed by atoms with van der Waals surface area (Å²) in [5.74, 6) is 0.393. The molecule has 1 aromatic rings. The van der Waals surface area contributed by atoms with E-state index in [9.17, 15) is 4.79 Å². The predicted octanol–water partition coefficient (Wildman–Crippen LogP) is 3.55. The average Bonchev–Trinajstić information content (AvgIpc) is 3.17. The molecule has 2 heteroatoms. The Hall–Kier alpha value is -1.15. The third-order valence-corrected chi connectivity index (χ3v) is 5.62. The number of rotatable bonds is 5. The van der Waals surface area contributed by atoms with Gasteiger partial charge in [0.05, 0.1) is 5.54 Å². The van der Waals surface area contributed by atoms with Crippen LogP contribution < -0.4 is 0 Å². The fraction of sp³-hybridized carbons (Fsp3) is 0.632. The van der Waals surface area contributed by atoms with Gasteiger partial charge < -0.3 is 0 Å². The molecule has 0 bridgehead atoms. The number of Topliss-reactive ketones (excluding diaryl/α,β-unsaturated/α-hetero) is 1. The lowest BCUT2D eigenvalue weighted by atomic mass is 9.87. The van der Waals surface area contributed by atoms with E-state index in [0.717, 1.165) is 19.5 Å². The second-order valence-electron chi connectivity index (χ2n) is 6.88. The van der Waals surface area contributed by atoms with Crippen molar-refractivity contribution in [3.05, 3.63) is 34.9 Å². The highest BCUT2D eigenvalue weighted by atomic mass is 16.1. The first-order chi connectivity index (χ1) is 10.1. The second kappa shape index (κ2) is 5.92. The van der Waals surface area contributed by atoms with Gasteiger partial charge in [0.25, 0.3) is 0 Å². The van der Waals surface area contributed by atoms with E-state index in [1.54, 1.807) is 0 Å². The van der Waals surface area contributed by atoms with Gasteiger partial charge in [-0.2, -0.15) is 0 Å². The summed E-state index contributed by atoms with van der Waals surface area (Å²) in [7, 11) is 0. The molecule has 1 saturated heterocycles. The first-order valence-corrected chi connectivity index (χ1v) is 8.52. The topological polar surface area (TPSA) is 20.3 Å². The predicted molar refractivity (Wildman–Crippen MR) is 86.7 cm³/mol. The third kappa shape index (κ3) is 2.78. The summed E-state index contributed by atoms with van der Waals surface area (Å²) in [5.41, 5.74) is 3.90. The van der Waals surface area contributed by atoms with Crippen molar-refractivity contribution in [2.75, 3.05) is 13.1 Å². The summed E-state index contributed by atoms with van der Waals surface area (Å²) >= 11 is 0. The van der Waals surface area contributed by atoms with Crippen LogP contribution in [0.3, 0.4) is 0 Å². The molecule has 0 N–H and O–H groups in total. The number of nitrogens with zero attached hydrogens (tertiary/aromatic N) is 1. The normalized spacial score (nSPS) is 21.2. The summed E-state index contributed by atoms with van der Waals surface area (Å²) in [6, 6.07) is 6.69. The molecule has 1 fully saturated rings. The highest BCUT2D eigenvalue weighted by molar-refractivity contribution is 5.89. The summed E-state index contributed by atoms with van der Waals surface area (Å²) in [6.45, 7) is 6.47. The fourth-order valence-electron chi connectivity index (χ4n) is 3.92. The van der Waals surface area contributed by atoms with Crippen LogP contribution in [0.1, 0.15) is 56.2 Å². The molecule has 114 valence electrons. The molecule has 0 aromatic heterocycles. The van der Waals surface area contributed by atoms with Gasteiger partial charge in [0.1, 0.15) is 0 Å². The molecule has 2 aliphatic rings. The van der Waals surface area contributed by atoms with Crippen LogP contribution in [0.15, 0.2) is 18.2 Å². The molecule has 2 nitrogen and oxygen atoms in total. The highest BCUT2D eigenvalue weighted by Crippen LogP contribution is 2.28. The van der Waals surface area contributed by atoms with Gasteiger partial charge in [-0.1, -0.05) is 25.1 Å². The number of aryl methyl sites for hydroxylation is 2. The Morgan fingerprint density at radius 1 is 1.14 bits per heavy atom. The van der Waals surface area contributed by atoms with E-state index in [-0.39, 0.29) is 5.54 Å². The number of benzene rings is 1. The zero-order valence-corrected chi connectivity index (χ0v) is 13.5. The number of likely N-dealkylation sites (tertiary alicyclic amines) is 1. The lowest BCUT2D eigenvalue weighted by Crippen LogP contribution is -2.51. The number of ketones is 1. The number of carbonyl (C=O) groups excluding carboxylic acids is 1. The van der Waals surface area contributed by atoms with Crippen molar-refractivity contribution in [3.8, 4) is 0 Å². The Morgan fingerprint density at radius 3 is 2.57 bits per heavy atom. The van der Waals surface area contributed by atoms with Crippen LogP contribution in [0, 0.1) is 0 Å². The molecular weight excluding hydrogens is 258 g/mol. The summed E-state index contributed by atoms with van der Waals surface area (Å²) in [6.07, 6.45) is 7.65. The van der Waals surface area contributed by atoms with E-state index in [4.69, 9.17) is 0 Å².